The van der Waals surface area contributed by atoms with Crippen LogP contribution in [-0.2, 0) is 12.7 Å². The Labute approximate surface area is 122 Å². The summed E-state index contributed by atoms with van der Waals surface area (Å²) in [5.74, 6) is 0. The van der Waals surface area contributed by atoms with Crippen molar-refractivity contribution in [3.8, 4) is 0 Å². The molecule has 0 spiro atoms. The van der Waals surface area contributed by atoms with Crippen LogP contribution in [0.3, 0.4) is 0 Å². The lowest BCUT2D eigenvalue weighted by Gasteiger charge is -2.06. The lowest BCUT2D eigenvalue weighted by Crippen LogP contribution is -2.05. The molecule has 0 unspecified atom stereocenters. The van der Waals surface area contributed by atoms with E-state index in [9.17, 15) is 13.2 Å². The van der Waals surface area contributed by atoms with Gasteiger partial charge in [-0.3, -0.25) is 4.98 Å². The first-order chi connectivity index (χ1) is 10.0. The topological polar surface area (TPSA) is 37.8 Å². The second kappa shape index (κ2) is 5.33. The Kier molecular flexibility index (Phi) is 3.50. The summed E-state index contributed by atoms with van der Waals surface area (Å²) >= 11 is 1.20. The van der Waals surface area contributed by atoms with Crippen LogP contribution in [0.15, 0.2) is 42.7 Å². The van der Waals surface area contributed by atoms with E-state index in [2.05, 4.69) is 15.3 Å². The van der Waals surface area contributed by atoms with Crippen LogP contribution in [-0.4, -0.2) is 9.97 Å². The first-order valence-corrected chi connectivity index (χ1v) is 6.95. The van der Waals surface area contributed by atoms with Gasteiger partial charge in [0.15, 0.2) is 5.13 Å². The van der Waals surface area contributed by atoms with Gasteiger partial charge in [0, 0.05) is 18.9 Å². The molecule has 3 nitrogen and oxygen atoms in total. The molecule has 0 fully saturated rings. The summed E-state index contributed by atoms with van der Waals surface area (Å²) < 4.78 is 39.3. The van der Waals surface area contributed by atoms with Gasteiger partial charge in [0.1, 0.15) is 0 Å². The number of thiazole rings is 1. The van der Waals surface area contributed by atoms with Crippen molar-refractivity contribution in [1.29, 1.82) is 0 Å². The molecule has 0 saturated heterocycles. The van der Waals surface area contributed by atoms with Gasteiger partial charge in [-0.1, -0.05) is 23.5 Å². The van der Waals surface area contributed by atoms with E-state index in [1.807, 2.05) is 6.07 Å². The van der Waals surface area contributed by atoms with E-state index < -0.39 is 11.7 Å². The zero-order chi connectivity index (χ0) is 14.9. The number of anilines is 1. The molecule has 0 radical (unpaired) electrons. The molecule has 21 heavy (non-hydrogen) atoms. The Morgan fingerprint density at radius 3 is 2.71 bits per heavy atom. The molecule has 0 atom stereocenters. The van der Waals surface area contributed by atoms with Crippen LogP contribution in [0.2, 0.25) is 0 Å². The van der Waals surface area contributed by atoms with Crippen LogP contribution in [0.4, 0.5) is 18.3 Å². The fourth-order valence-electron chi connectivity index (χ4n) is 1.93. The lowest BCUT2D eigenvalue weighted by atomic mass is 10.2. The number of nitrogens with zero attached hydrogens (tertiary/aromatic N) is 2. The van der Waals surface area contributed by atoms with E-state index in [-0.39, 0.29) is 5.52 Å². The van der Waals surface area contributed by atoms with Gasteiger partial charge >= 0.3 is 6.18 Å². The Hall–Kier alpha value is -2.15. The zero-order valence-electron chi connectivity index (χ0n) is 10.7. The number of fused-ring (bicyclic) bond motifs is 1. The van der Waals surface area contributed by atoms with E-state index in [1.165, 1.54) is 17.4 Å². The summed E-state index contributed by atoms with van der Waals surface area (Å²) in [6.45, 7) is 0.467. The van der Waals surface area contributed by atoms with Crippen LogP contribution in [0.25, 0.3) is 10.2 Å². The normalized spacial score (nSPS) is 11.8. The minimum absolute atomic E-state index is 0.0105. The number of aromatic nitrogens is 2. The number of pyridine rings is 1. The second-order valence-electron chi connectivity index (χ2n) is 4.38. The molecule has 3 aromatic rings. The van der Waals surface area contributed by atoms with Gasteiger partial charge < -0.3 is 5.32 Å². The third-order valence-electron chi connectivity index (χ3n) is 2.89. The molecule has 2 aromatic heterocycles. The molecule has 1 N–H and O–H groups in total. The number of rotatable bonds is 3. The number of hydrogen-bond acceptors (Lipinski definition) is 4. The summed E-state index contributed by atoms with van der Waals surface area (Å²) in [5, 5.41) is 3.49. The van der Waals surface area contributed by atoms with Gasteiger partial charge in [-0.15, -0.1) is 0 Å². The van der Waals surface area contributed by atoms with Crippen molar-refractivity contribution >= 4 is 26.7 Å². The van der Waals surface area contributed by atoms with Gasteiger partial charge in [0.05, 0.1) is 15.8 Å². The smallest absolute Gasteiger partial charge is 0.357 e. The largest absolute Gasteiger partial charge is 0.418 e. The second-order valence-corrected chi connectivity index (χ2v) is 5.41. The number of halogens is 3. The monoisotopic (exact) mass is 309 g/mol. The molecular formula is C14H10F3N3S. The highest BCUT2D eigenvalue weighted by Crippen LogP contribution is 2.37. The summed E-state index contributed by atoms with van der Waals surface area (Å²) in [7, 11) is 0. The SMILES string of the molecule is FC(F)(F)c1cccc2sc(NCc3cccnc3)nc12. The highest BCUT2D eigenvalue weighted by Gasteiger charge is 2.33. The maximum Gasteiger partial charge on any atom is 0.418 e. The van der Waals surface area contributed by atoms with Gasteiger partial charge in [-0.25, -0.2) is 4.98 Å². The van der Waals surface area contributed by atoms with Crippen LogP contribution < -0.4 is 5.32 Å². The Morgan fingerprint density at radius 1 is 1.14 bits per heavy atom. The minimum Gasteiger partial charge on any atom is -0.357 e. The molecule has 3 rings (SSSR count). The zero-order valence-corrected chi connectivity index (χ0v) is 11.5. The summed E-state index contributed by atoms with van der Waals surface area (Å²) in [6.07, 6.45) is -1.04. The van der Waals surface area contributed by atoms with Crippen molar-refractivity contribution in [2.24, 2.45) is 0 Å². The Morgan fingerprint density at radius 2 is 2.00 bits per heavy atom. The molecule has 1 aromatic carbocycles. The van der Waals surface area contributed by atoms with Gasteiger partial charge in [-0.2, -0.15) is 13.2 Å². The van der Waals surface area contributed by atoms with Crippen LogP contribution >= 0.6 is 11.3 Å². The standard InChI is InChI=1S/C14H10F3N3S/c15-14(16,17)10-4-1-5-11-12(10)20-13(21-11)19-8-9-3-2-6-18-7-9/h1-7H,8H2,(H,19,20). The van der Waals surface area contributed by atoms with E-state index in [0.717, 1.165) is 11.6 Å². The van der Waals surface area contributed by atoms with Crippen molar-refractivity contribution in [2.45, 2.75) is 12.7 Å². The molecule has 0 aliphatic rings. The van der Waals surface area contributed by atoms with Crippen LogP contribution in [0, 0.1) is 0 Å². The number of para-hydroxylation sites is 1. The van der Waals surface area contributed by atoms with Crippen molar-refractivity contribution in [3.05, 3.63) is 53.9 Å². The number of alkyl halides is 3. The molecule has 7 heteroatoms. The number of benzene rings is 1. The average Bonchev–Trinajstić information content (AvgIpc) is 2.87. The summed E-state index contributed by atoms with van der Waals surface area (Å²) in [4.78, 5) is 8.04. The first kappa shape index (κ1) is 13.8. The maximum atomic E-state index is 12.9. The first-order valence-electron chi connectivity index (χ1n) is 6.13. The van der Waals surface area contributed by atoms with Crippen molar-refractivity contribution in [1.82, 2.24) is 9.97 Å². The predicted molar refractivity (Wildman–Crippen MR) is 76.2 cm³/mol. The van der Waals surface area contributed by atoms with Gasteiger partial charge in [0.25, 0.3) is 0 Å². The quantitative estimate of drug-likeness (QED) is 0.783. The van der Waals surface area contributed by atoms with Gasteiger partial charge in [-0.05, 0) is 23.8 Å². The Bertz CT molecular complexity index is 753. The van der Waals surface area contributed by atoms with E-state index in [0.29, 0.717) is 16.4 Å². The van der Waals surface area contributed by atoms with Crippen molar-refractivity contribution in [2.75, 3.05) is 5.32 Å². The summed E-state index contributed by atoms with van der Waals surface area (Å²) in [5.41, 5.74) is 0.224. The van der Waals surface area contributed by atoms with Gasteiger partial charge in [0.2, 0.25) is 0 Å². The lowest BCUT2D eigenvalue weighted by molar-refractivity contribution is -0.136. The maximum absolute atomic E-state index is 12.9. The van der Waals surface area contributed by atoms with E-state index >= 15 is 0 Å². The van der Waals surface area contributed by atoms with Crippen LogP contribution in [0.1, 0.15) is 11.1 Å². The van der Waals surface area contributed by atoms with E-state index in [4.69, 9.17) is 0 Å². The minimum atomic E-state index is -4.39. The molecule has 0 saturated carbocycles. The molecular weight excluding hydrogens is 299 g/mol. The van der Waals surface area contributed by atoms with Crippen molar-refractivity contribution in [3.63, 3.8) is 0 Å². The Balaban J connectivity index is 1.88. The molecule has 0 aliphatic heterocycles. The third kappa shape index (κ3) is 2.97. The number of hydrogen-bond donors (Lipinski definition) is 1. The molecule has 2 heterocycles. The summed E-state index contributed by atoms with van der Waals surface area (Å²) in [6, 6.07) is 7.77. The fraction of sp³-hybridized carbons (Fsp3) is 0.143. The average molecular weight is 309 g/mol. The highest BCUT2D eigenvalue weighted by atomic mass is 32.1. The molecule has 108 valence electrons. The van der Waals surface area contributed by atoms with Crippen molar-refractivity contribution < 1.29 is 13.2 Å². The molecule has 0 bridgehead atoms. The third-order valence-corrected chi connectivity index (χ3v) is 3.87. The van der Waals surface area contributed by atoms with Crippen LogP contribution in [0.5, 0.6) is 0 Å². The fourth-order valence-corrected chi connectivity index (χ4v) is 2.82. The molecule has 0 aliphatic carbocycles. The predicted octanol–water partition coefficient (Wildman–Crippen LogP) is 4.32. The number of nitrogens with one attached hydrogen (secondary N) is 1. The molecule has 0 amide bonds. The van der Waals surface area contributed by atoms with E-state index in [1.54, 1.807) is 24.5 Å². The highest BCUT2D eigenvalue weighted by molar-refractivity contribution is 7.22.